The van der Waals surface area contributed by atoms with Crippen molar-refractivity contribution < 1.29 is 23.7 Å². The van der Waals surface area contributed by atoms with Gasteiger partial charge in [-0.3, -0.25) is 0 Å². The van der Waals surface area contributed by atoms with Crippen LogP contribution in [0.3, 0.4) is 0 Å². The summed E-state index contributed by atoms with van der Waals surface area (Å²) in [7, 11) is 3.12. The van der Waals surface area contributed by atoms with E-state index in [0.29, 0.717) is 19.8 Å². The second kappa shape index (κ2) is 8.93. The molecule has 0 fully saturated rings. The minimum absolute atomic E-state index is 0.257. The average Bonchev–Trinajstić information content (AvgIpc) is 2.18. The molecule has 0 bridgehead atoms. The number of hydrogen-bond acceptors (Lipinski definition) is 5. The average molecular weight is 206 g/mol. The number of carbonyl (C=O) groups is 1. The van der Waals surface area contributed by atoms with Crippen LogP contribution in [0.25, 0.3) is 0 Å². The van der Waals surface area contributed by atoms with Crippen LogP contribution in [0, 0.1) is 0 Å². The van der Waals surface area contributed by atoms with Gasteiger partial charge in [-0.25, -0.2) is 4.79 Å². The van der Waals surface area contributed by atoms with Crippen LogP contribution in [0.15, 0.2) is 0 Å². The fraction of sp³-hybridized carbons (Fsp3) is 0.889. The Morgan fingerprint density at radius 2 is 1.64 bits per heavy atom. The minimum atomic E-state index is -0.554. The second-order valence-electron chi connectivity index (χ2n) is 2.67. The fourth-order valence-corrected chi connectivity index (χ4v) is 0.719. The van der Waals surface area contributed by atoms with Crippen molar-refractivity contribution in [3.05, 3.63) is 0 Å². The molecule has 5 nitrogen and oxygen atoms in total. The van der Waals surface area contributed by atoms with E-state index in [4.69, 9.17) is 18.9 Å². The van der Waals surface area contributed by atoms with Crippen molar-refractivity contribution in [3.63, 3.8) is 0 Å². The van der Waals surface area contributed by atoms with Gasteiger partial charge in [-0.15, -0.1) is 0 Å². The summed E-state index contributed by atoms with van der Waals surface area (Å²) >= 11 is 0. The van der Waals surface area contributed by atoms with E-state index >= 15 is 0 Å². The van der Waals surface area contributed by atoms with Crippen LogP contribution in [0.4, 0.5) is 0 Å². The third-order valence-electron chi connectivity index (χ3n) is 1.52. The monoisotopic (exact) mass is 206 g/mol. The van der Waals surface area contributed by atoms with E-state index in [1.807, 2.05) is 0 Å². The molecule has 0 aliphatic rings. The number of methoxy groups -OCH3 is 2. The molecular formula is C9H18O5. The zero-order chi connectivity index (χ0) is 10.8. The third-order valence-corrected chi connectivity index (χ3v) is 1.52. The summed E-state index contributed by atoms with van der Waals surface area (Å²) in [5, 5.41) is 0. The molecule has 1 unspecified atom stereocenters. The molecule has 0 amide bonds. The van der Waals surface area contributed by atoms with Crippen LogP contribution in [0.2, 0.25) is 0 Å². The Bertz CT molecular complexity index is 148. The van der Waals surface area contributed by atoms with Crippen LogP contribution in [0.1, 0.15) is 6.92 Å². The Labute approximate surface area is 84.3 Å². The normalized spacial score (nSPS) is 12.5. The highest BCUT2D eigenvalue weighted by Crippen LogP contribution is 1.94. The summed E-state index contributed by atoms with van der Waals surface area (Å²) in [6.45, 7) is 3.15. The molecule has 0 saturated heterocycles. The van der Waals surface area contributed by atoms with Gasteiger partial charge in [0.05, 0.1) is 19.8 Å². The predicted octanol–water partition coefficient (Wildman–Crippen LogP) is 0.228. The highest BCUT2D eigenvalue weighted by molar-refractivity contribution is 5.74. The molecular weight excluding hydrogens is 188 g/mol. The first-order valence-electron chi connectivity index (χ1n) is 4.48. The van der Waals surface area contributed by atoms with Crippen LogP contribution >= 0.6 is 0 Å². The predicted molar refractivity (Wildman–Crippen MR) is 50.1 cm³/mol. The molecule has 84 valence electrons. The van der Waals surface area contributed by atoms with Crippen molar-refractivity contribution in [2.24, 2.45) is 0 Å². The molecule has 0 aliphatic carbocycles. The van der Waals surface area contributed by atoms with Crippen molar-refractivity contribution in [2.45, 2.75) is 13.0 Å². The van der Waals surface area contributed by atoms with Gasteiger partial charge in [0.15, 0.2) is 6.10 Å². The summed E-state index contributed by atoms with van der Waals surface area (Å²) in [5.41, 5.74) is 0. The van der Waals surface area contributed by atoms with E-state index in [0.717, 1.165) is 0 Å². The van der Waals surface area contributed by atoms with Crippen molar-refractivity contribution in [1.29, 1.82) is 0 Å². The zero-order valence-corrected chi connectivity index (χ0v) is 8.95. The fourth-order valence-electron chi connectivity index (χ4n) is 0.719. The summed E-state index contributed by atoms with van der Waals surface area (Å²) in [6, 6.07) is 0. The van der Waals surface area contributed by atoms with E-state index in [1.54, 1.807) is 21.1 Å². The van der Waals surface area contributed by atoms with E-state index < -0.39 is 6.10 Å². The second-order valence-corrected chi connectivity index (χ2v) is 2.67. The first kappa shape index (κ1) is 13.4. The molecule has 0 rings (SSSR count). The SMILES string of the molecule is COCCOC(=O)C(C)OCCOC. The van der Waals surface area contributed by atoms with Crippen molar-refractivity contribution in [3.8, 4) is 0 Å². The lowest BCUT2D eigenvalue weighted by Crippen LogP contribution is -2.26. The Balaban J connectivity index is 3.44. The van der Waals surface area contributed by atoms with Gasteiger partial charge < -0.3 is 18.9 Å². The lowest BCUT2D eigenvalue weighted by atomic mass is 10.4. The maximum Gasteiger partial charge on any atom is 0.335 e. The molecule has 14 heavy (non-hydrogen) atoms. The summed E-state index contributed by atoms with van der Waals surface area (Å²) in [4.78, 5) is 11.2. The molecule has 0 aromatic rings. The standard InChI is InChI=1S/C9H18O5/c1-8(13-6-4-11-2)9(10)14-7-5-12-3/h8H,4-7H2,1-3H3. The number of hydrogen-bond donors (Lipinski definition) is 0. The van der Waals surface area contributed by atoms with Gasteiger partial charge in [-0.2, -0.15) is 0 Å². The van der Waals surface area contributed by atoms with E-state index in [9.17, 15) is 4.79 Å². The Morgan fingerprint density at radius 1 is 1.07 bits per heavy atom. The lowest BCUT2D eigenvalue weighted by molar-refractivity contribution is -0.157. The van der Waals surface area contributed by atoms with Crippen LogP contribution < -0.4 is 0 Å². The van der Waals surface area contributed by atoms with Crippen molar-refractivity contribution >= 4 is 5.97 Å². The molecule has 0 saturated carbocycles. The Morgan fingerprint density at radius 3 is 2.21 bits per heavy atom. The summed E-state index contributed by atoms with van der Waals surface area (Å²) in [6.07, 6.45) is -0.554. The number of carbonyl (C=O) groups excluding carboxylic acids is 1. The Hall–Kier alpha value is -0.650. The minimum Gasteiger partial charge on any atom is -0.461 e. The summed E-state index contributed by atoms with van der Waals surface area (Å²) in [5.74, 6) is -0.377. The van der Waals surface area contributed by atoms with Gasteiger partial charge in [-0.1, -0.05) is 0 Å². The highest BCUT2D eigenvalue weighted by Gasteiger charge is 2.14. The maximum absolute atomic E-state index is 11.2. The molecule has 0 aromatic heterocycles. The zero-order valence-electron chi connectivity index (χ0n) is 8.95. The van der Waals surface area contributed by atoms with Gasteiger partial charge in [0.2, 0.25) is 0 Å². The molecule has 5 heteroatoms. The van der Waals surface area contributed by atoms with E-state index in [-0.39, 0.29) is 12.6 Å². The van der Waals surface area contributed by atoms with E-state index in [2.05, 4.69) is 0 Å². The van der Waals surface area contributed by atoms with Gasteiger partial charge in [0.25, 0.3) is 0 Å². The molecule has 1 atom stereocenters. The molecule has 0 aromatic carbocycles. The molecule has 0 N–H and O–H groups in total. The van der Waals surface area contributed by atoms with E-state index in [1.165, 1.54) is 0 Å². The first-order valence-corrected chi connectivity index (χ1v) is 4.48. The van der Waals surface area contributed by atoms with Crippen LogP contribution in [-0.2, 0) is 23.7 Å². The molecule has 0 radical (unpaired) electrons. The Kier molecular flexibility index (Phi) is 8.51. The number of rotatable bonds is 8. The number of ether oxygens (including phenoxy) is 4. The summed E-state index contributed by atoms with van der Waals surface area (Å²) < 4.78 is 19.5. The number of esters is 1. The van der Waals surface area contributed by atoms with Gasteiger partial charge >= 0.3 is 5.97 Å². The largest absolute Gasteiger partial charge is 0.461 e. The molecule has 0 aliphatic heterocycles. The maximum atomic E-state index is 11.2. The van der Waals surface area contributed by atoms with Gasteiger partial charge in [0.1, 0.15) is 6.61 Å². The van der Waals surface area contributed by atoms with Crippen molar-refractivity contribution in [1.82, 2.24) is 0 Å². The highest BCUT2D eigenvalue weighted by atomic mass is 16.6. The van der Waals surface area contributed by atoms with Gasteiger partial charge in [-0.05, 0) is 6.92 Å². The molecule has 0 heterocycles. The topological polar surface area (TPSA) is 54.0 Å². The first-order chi connectivity index (χ1) is 6.72. The van der Waals surface area contributed by atoms with Crippen LogP contribution in [-0.4, -0.2) is 52.7 Å². The molecule has 0 spiro atoms. The quantitative estimate of drug-likeness (QED) is 0.420. The smallest absolute Gasteiger partial charge is 0.335 e. The van der Waals surface area contributed by atoms with Crippen molar-refractivity contribution in [2.75, 3.05) is 40.6 Å². The van der Waals surface area contributed by atoms with Crippen LogP contribution in [0.5, 0.6) is 0 Å². The van der Waals surface area contributed by atoms with Gasteiger partial charge in [0, 0.05) is 14.2 Å². The lowest BCUT2D eigenvalue weighted by Gasteiger charge is -2.11. The third kappa shape index (κ3) is 6.82.